The number of hydrogen-bond donors (Lipinski definition) is 9. The molecule has 0 aliphatic carbocycles. The van der Waals surface area contributed by atoms with E-state index in [2.05, 4.69) is 33.6 Å². The maximum Gasteiger partial charge on any atom is 0.326 e. The summed E-state index contributed by atoms with van der Waals surface area (Å²) in [6, 6.07) is 1.55. The highest BCUT2D eigenvalue weighted by Gasteiger charge is 2.31. The van der Waals surface area contributed by atoms with Crippen molar-refractivity contribution in [3.63, 3.8) is 0 Å². The van der Waals surface area contributed by atoms with Crippen LogP contribution >= 0.6 is 12.6 Å². The topological polar surface area (TPSA) is 241 Å². The van der Waals surface area contributed by atoms with Crippen LogP contribution in [0.1, 0.15) is 24.8 Å². The maximum atomic E-state index is 13.1. The highest BCUT2D eigenvalue weighted by molar-refractivity contribution is 7.80. The van der Waals surface area contributed by atoms with Crippen molar-refractivity contribution >= 4 is 59.2 Å². The number of amides is 3. The lowest BCUT2D eigenvalue weighted by Gasteiger charge is -2.24. The number of nitrogens with one attached hydrogen (secondary N) is 4. The van der Waals surface area contributed by atoms with Gasteiger partial charge in [0.15, 0.2) is 0 Å². The van der Waals surface area contributed by atoms with Crippen LogP contribution < -0.4 is 21.7 Å². The second-order valence-electron chi connectivity index (χ2n) is 8.40. The van der Waals surface area contributed by atoms with Gasteiger partial charge >= 0.3 is 17.9 Å². The molecule has 9 N–H and O–H groups in total. The van der Waals surface area contributed by atoms with Crippen LogP contribution in [0.3, 0.4) is 0 Å². The molecule has 3 amide bonds. The first-order valence-electron chi connectivity index (χ1n) is 11.4. The van der Waals surface area contributed by atoms with Crippen LogP contribution in [0.2, 0.25) is 0 Å². The molecule has 14 nitrogen and oxygen atoms in total. The molecule has 2 rings (SSSR count). The number of carbonyl (C=O) groups is 6. The highest BCUT2D eigenvalue weighted by atomic mass is 32.1. The van der Waals surface area contributed by atoms with Gasteiger partial charge in [0, 0.05) is 35.7 Å². The van der Waals surface area contributed by atoms with Crippen molar-refractivity contribution in [2.24, 2.45) is 5.73 Å². The van der Waals surface area contributed by atoms with Gasteiger partial charge < -0.3 is 42.0 Å². The van der Waals surface area contributed by atoms with Crippen molar-refractivity contribution in [3.05, 3.63) is 36.0 Å². The lowest BCUT2D eigenvalue weighted by atomic mass is 10.0. The number of fused-ring (bicyclic) bond motifs is 1. The number of aromatic amines is 1. The molecule has 1 aromatic carbocycles. The van der Waals surface area contributed by atoms with Gasteiger partial charge in [0.1, 0.15) is 18.1 Å². The molecule has 0 fully saturated rings. The number of aromatic nitrogens is 1. The van der Waals surface area contributed by atoms with Crippen molar-refractivity contribution in [1.82, 2.24) is 20.9 Å². The predicted octanol–water partition coefficient (Wildman–Crippen LogP) is -1.15. The number of carboxylic acids is 3. The summed E-state index contributed by atoms with van der Waals surface area (Å²) in [7, 11) is 0. The molecule has 206 valence electrons. The predicted molar refractivity (Wildman–Crippen MR) is 136 cm³/mol. The van der Waals surface area contributed by atoms with Crippen molar-refractivity contribution in [3.8, 4) is 0 Å². The summed E-state index contributed by atoms with van der Waals surface area (Å²) in [6.45, 7) is 0. The van der Waals surface area contributed by atoms with E-state index in [0.29, 0.717) is 5.56 Å². The third-order valence-corrected chi connectivity index (χ3v) is 5.91. The number of aliphatic carboxylic acids is 3. The molecular weight excluding hydrogens is 522 g/mol. The quantitative estimate of drug-likeness (QED) is 0.120. The average molecular weight is 552 g/mol. The van der Waals surface area contributed by atoms with Gasteiger partial charge in [0.2, 0.25) is 17.7 Å². The van der Waals surface area contributed by atoms with E-state index in [4.69, 9.17) is 15.9 Å². The van der Waals surface area contributed by atoms with Gasteiger partial charge in [0.05, 0.1) is 12.5 Å². The molecule has 4 atom stereocenters. The Morgan fingerprint density at radius 2 is 1.47 bits per heavy atom. The van der Waals surface area contributed by atoms with Gasteiger partial charge in [-0.3, -0.25) is 24.0 Å². The summed E-state index contributed by atoms with van der Waals surface area (Å²) in [5.74, 6) is -6.91. The van der Waals surface area contributed by atoms with E-state index >= 15 is 0 Å². The summed E-state index contributed by atoms with van der Waals surface area (Å²) in [5.41, 5.74) is 6.91. The lowest BCUT2D eigenvalue weighted by Crippen LogP contribution is -2.58. The summed E-state index contributed by atoms with van der Waals surface area (Å²) >= 11 is 4.04. The lowest BCUT2D eigenvalue weighted by molar-refractivity contribution is -0.143. The number of H-pyrrole nitrogens is 1. The Kier molecular flexibility index (Phi) is 11.1. The van der Waals surface area contributed by atoms with Crippen molar-refractivity contribution in [2.75, 3.05) is 5.75 Å². The van der Waals surface area contributed by atoms with Crippen LogP contribution in [0.4, 0.5) is 0 Å². The average Bonchev–Trinajstić information content (AvgIpc) is 3.26. The molecule has 0 spiro atoms. The summed E-state index contributed by atoms with van der Waals surface area (Å²) in [5, 5.41) is 34.9. The number of thiol groups is 1. The minimum Gasteiger partial charge on any atom is -0.481 e. The molecule has 1 heterocycles. The Morgan fingerprint density at radius 3 is 2.08 bits per heavy atom. The zero-order valence-electron chi connectivity index (χ0n) is 20.0. The molecule has 38 heavy (non-hydrogen) atoms. The van der Waals surface area contributed by atoms with Crippen LogP contribution in [-0.4, -0.2) is 85.9 Å². The maximum absolute atomic E-state index is 13.1. The van der Waals surface area contributed by atoms with Crippen LogP contribution in [0.5, 0.6) is 0 Å². The summed E-state index contributed by atoms with van der Waals surface area (Å²) < 4.78 is 0. The molecule has 0 radical (unpaired) electrons. The van der Waals surface area contributed by atoms with Crippen LogP contribution in [0, 0.1) is 0 Å². The van der Waals surface area contributed by atoms with Crippen molar-refractivity contribution in [2.45, 2.75) is 49.9 Å². The Labute approximate surface area is 221 Å². The van der Waals surface area contributed by atoms with Gasteiger partial charge in [-0.05, 0) is 18.1 Å². The van der Waals surface area contributed by atoms with E-state index < -0.39 is 72.6 Å². The molecule has 0 aliphatic heterocycles. The zero-order valence-corrected chi connectivity index (χ0v) is 20.9. The third kappa shape index (κ3) is 8.77. The molecule has 2 aromatic rings. The van der Waals surface area contributed by atoms with Gasteiger partial charge in [-0.1, -0.05) is 18.2 Å². The van der Waals surface area contributed by atoms with E-state index in [0.717, 1.165) is 10.9 Å². The first-order valence-corrected chi connectivity index (χ1v) is 12.0. The van der Waals surface area contributed by atoms with E-state index in [1.165, 1.54) is 0 Å². The second kappa shape index (κ2) is 14.0. The van der Waals surface area contributed by atoms with Crippen LogP contribution in [-0.2, 0) is 35.2 Å². The van der Waals surface area contributed by atoms with E-state index in [1.54, 1.807) is 30.5 Å². The van der Waals surface area contributed by atoms with Crippen LogP contribution in [0.15, 0.2) is 30.5 Å². The summed E-state index contributed by atoms with van der Waals surface area (Å²) in [4.78, 5) is 74.6. The second-order valence-corrected chi connectivity index (χ2v) is 8.77. The Balaban J connectivity index is 2.26. The highest BCUT2D eigenvalue weighted by Crippen LogP contribution is 2.19. The Bertz CT molecular complexity index is 1200. The number of benzene rings is 1. The molecule has 15 heteroatoms. The monoisotopic (exact) mass is 551 g/mol. The van der Waals surface area contributed by atoms with Crippen molar-refractivity contribution < 1.29 is 44.1 Å². The standard InChI is InChI=1S/C23H29N5O9S/c24-13(8-19(31)32)20(33)28-17(10-38)22(35)27-16(7-11-9-25-14-4-2-1-3-12(11)14)21(34)26-15(23(36)37)5-6-18(29)30/h1-4,9,13,15-17,25,38H,5-8,10,24H2,(H,26,34)(H,27,35)(H,28,33)(H,29,30)(H,31,32)(H,36,37). The number of para-hydroxylation sites is 1. The van der Waals surface area contributed by atoms with E-state index in [9.17, 15) is 33.9 Å². The number of nitrogens with two attached hydrogens (primary N) is 1. The number of rotatable bonds is 15. The van der Waals surface area contributed by atoms with Crippen LogP contribution in [0.25, 0.3) is 10.9 Å². The minimum atomic E-state index is -1.53. The molecule has 0 saturated carbocycles. The molecule has 0 aliphatic rings. The van der Waals surface area contributed by atoms with E-state index in [1.807, 2.05) is 0 Å². The number of carboxylic acid groups (broad SMARTS) is 3. The van der Waals surface area contributed by atoms with Crippen molar-refractivity contribution in [1.29, 1.82) is 0 Å². The van der Waals surface area contributed by atoms with Gasteiger partial charge in [-0.25, -0.2) is 4.79 Å². The zero-order chi connectivity index (χ0) is 28.4. The third-order valence-electron chi connectivity index (χ3n) is 5.54. The SMILES string of the molecule is NC(CC(=O)O)C(=O)NC(CS)C(=O)NC(Cc1c[nH]c2ccccc12)C(=O)NC(CCC(=O)O)C(=O)O. The largest absolute Gasteiger partial charge is 0.481 e. The van der Waals surface area contributed by atoms with Gasteiger partial charge in [-0.2, -0.15) is 12.6 Å². The number of carbonyl (C=O) groups excluding carboxylic acids is 3. The first-order chi connectivity index (χ1) is 17.9. The molecule has 0 saturated heterocycles. The Morgan fingerprint density at radius 1 is 0.868 bits per heavy atom. The molecule has 4 unspecified atom stereocenters. The fraction of sp³-hybridized carbons (Fsp3) is 0.391. The van der Waals surface area contributed by atoms with Gasteiger partial charge in [-0.15, -0.1) is 0 Å². The Hall–Kier alpha value is -4.11. The minimum absolute atomic E-state index is 0.0847. The van der Waals surface area contributed by atoms with Gasteiger partial charge in [0.25, 0.3) is 0 Å². The smallest absolute Gasteiger partial charge is 0.326 e. The number of hydrogen-bond acceptors (Lipinski definition) is 8. The first kappa shape index (κ1) is 30.1. The molecule has 1 aromatic heterocycles. The molecule has 0 bridgehead atoms. The van der Waals surface area contributed by atoms with E-state index in [-0.39, 0.29) is 18.6 Å². The normalized spacial score (nSPS) is 14.1. The fourth-order valence-corrected chi connectivity index (χ4v) is 3.81. The summed E-state index contributed by atoms with van der Waals surface area (Å²) in [6.07, 6.45) is -0.0368. The molecular formula is C23H29N5O9S. The fourth-order valence-electron chi connectivity index (χ4n) is 3.55.